The Kier molecular flexibility index (Phi) is 8.58. The molecule has 2 aliphatic heterocycles. The number of sulfonamides is 1. The van der Waals surface area contributed by atoms with E-state index in [4.69, 9.17) is 26.1 Å². The lowest BCUT2D eigenvalue weighted by Gasteiger charge is -2.30. The molecule has 0 saturated carbocycles. The van der Waals surface area contributed by atoms with Crippen LogP contribution in [-0.2, 0) is 19.6 Å². The third-order valence-electron chi connectivity index (χ3n) is 6.97. The fraction of sp³-hybridized carbons (Fsp3) is 0.520. The van der Waals surface area contributed by atoms with Crippen molar-refractivity contribution in [1.82, 2.24) is 14.2 Å². The average molecular weight is 599 g/mol. The average Bonchev–Trinajstić information content (AvgIpc) is 3.67. The SMILES string of the molecule is COc1ccc(C)c2sc(N(CCCN3CCOCC3)C(=O)C3CCCN3S(=O)(=O)c3ccc(Cl)s3)nc12. The number of halogens is 1. The second kappa shape index (κ2) is 11.7. The van der Waals surface area contributed by atoms with Gasteiger partial charge < -0.3 is 9.47 Å². The molecule has 9 nitrogen and oxygen atoms in total. The third kappa shape index (κ3) is 5.58. The molecule has 1 aromatic carbocycles. The summed E-state index contributed by atoms with van der Waals surface area (Å²) in [6.45, 7) is 6.71. The van der Waals surface area contributed by atoms with Crippen molar-refractivity contribution in [2.45, 2.75) is 36.4 Å². The number of benzene rings is 1. The van der Waals surface area contributed by atoms with Crippen molar-refractivity contribution in [3.63, 3.8) is 0 Å². The van der Waals surface area contributed by atoms with Gasteiger partial charge in [0.15, 0.2) is 5.13 Å². The number of amides is 1. The van der Waals surface area contributed by atoms with E-state index in [0.29, 0.717) is 59.9 Å². The van der Waals surface area contributed by atoms with Crippen LogP contribution in [0.15, 0.2) is 28.5 Å². The minimum Gasteiger partial charge on any atom is -0.494 e. The fourth-order valence-corrected chi connectivity index (χ4v) is 9.31. The van der Waals surface area contributed by atoms with Crippen molar-refractivity contribution in [3.8, 4) is 5.75 Å². The van der Waals surface area contributed by atoms with E-state index in [0.717, 1.165) is 47.7 Å². The maximum absolute atomic E-state index is 14.1. The van der Waals surface area contributed by atoms with E-state index in [9.17, 15) is 13.2 Å². The molecule has 38 heavy (non-hydrogen) atoms. The molecule has 2 aromatic heterocycles. The molecular weight excluding hydrogens is 568 g/mol. The molecule has 1 amide bonds. The molecule has 1 unspecified atom stereocenters. The van der Waals surface area contributed by atoms with E-state index in [1.165, 1.54) is 21.7 Å². The number of hydrogen-bond donors (Lipinski definition) is 0. The van der Waals surface area contributed by atoms with Crippen LogP contribution in [0.1, 0.15) is 24.8 Å². The van der Waals surface area contributed by atoms with Crippen molar-refractivity contribution in [1.29, 1.82) is 0 Å². The lowest BCUT2D eigenvalue weighted by Crippen LogP contribution is -2.48. The monoisotopic (exact) mass is 598 g/mol. The van der Waals surface area contributed by atoms with Gasteiger partial charge in [-0.2, -0.15) is 4.31 Å². The summed E-state index contributed by atoms with van der Waals surface area (Å²) in [6, 6.07) is 6.14. The van der Waals surface area contributed by atoms with Crippen LogP contribution in [0.5, 0.6) is 5.75 Å². The number of thiophene rings is 1. The number of nitrogens with zero attached hydrogens (tertiary/aromatic N) is 4. The van der Waals surface area contributed by atoms with Crippen LogP contribution in [-0.4, -0.2) is 87.6 Å². The highest BCUT2D eigenvalue weighted by Gasteiger charge is 2.42. The maximum Gasteiger partial charge on any atom is 0.253 e. The molecular formula is C25H31ClN4O5S3. The van der Waals surface area contributed by atoms with Gasteiger partial charge in [0.2, 0.25) is 5.91 Å². The van der Waals surface area contributed by atoms with Crippen molar-refractivity contribution < 1.29 is 22.7 Å². The van der Waals surface area contributed by atoms with Crippen LogP contribution in [0, 0.1) is 6.92 Å². The smallest absolute Gasteiger partial charge is 0.253 e. The number of carbonyl (C=O) groups is 1. The number of methoxy groups -OCH3 is 1. The lowest BCUT2D eigenvalue weighted by molar-refractivity contribution is -0.121. The topological polar surface area (TPSA) is 92.3 Å². The summed E-state index contributed by atoms with van der Waals surface area (Å²) in [4.78, 5) is 23.0. The Balaban J connectivity index is 1.45. The standard InChI is InChI=1S/C25H31ClN4O5S3/c1-17-6-7-19(34-2)22-23(17)37-25(27-22)29(11-4-10-28-13-15-35-16-14-28)24(31)18-5-3-12-30(18)38(32,33)21-9-8-20(26)36-21/h6-9,18H,3-5,10-16H2,1-2H3. The van der Waals surface area contributed by atoms with Crippen LogP contribution in [0.4, 0.5) is 5.13 Å². The molecule has 1 atom stereocenters. The summed E-state index contributed by atoms with van der Waals surface area (Å²) in [6.07, 6.45) is 1.81. The highest BCUT2D eigenvalue weighted by Crippen LogP contribution is 2.38. The molecule has 2 fully saturated rings. The molecule has 3 aromatic rings. The molecule has 0 aliphatic carbocycles. The van der Waals surface area contributed by atoms with Crippen LogP contribution >= 0.6 is 34.3 Å². The van der Waals surface area contributed by atoms with Crippen molar-refractivity contribution in [2.24, 2.45) is 0 Å². The zero-order valence-electron chi connectivity index (χ0n) is 21.4. The van der Waals surface area contributed by atoms with E-state index < -0.39 is 16.1 Å². The molecule has 0 N–H and O–H groups in total. The van der Waals surface area contributed by atoms with E-state index in [1.807, 2.05) is 19.1 Å². The quantitative estimate of drug-likeness (QED) is 0.364. The van der Waals surface area contributed by atoms with Gasteiger partial charge in [-0.05, 0) is 49.9 Å². The highest BCUT2D eigenvalue weighted by atomic mass is 35.5. The number of thiazole rings is 1. The van der Waals surface area contributed by atoms with Crippen molar-refractivity contribution in [2.75, 3.05) is 57.9 Å². The van der Waals surface area contributed by atoms with Crippen LogP contribution in [0.3, 0.4) is 0 Å². The Labute approximate surface area is 236 Å². The number of aryl methyl sites for hydroxylation is 1. The molecule has 0 bridgehead atoms. The lowest BCUT2D eigenvalue weighted by atomic mass is 10.2. The number of anilines is 1. The summed E-state index contributed by atoms with van der Waals surface area (Å²) in [5, 5.41) is 0.558. The molecule has 206 valence electrons. The summed E-state index contributed by atoms with van der Waals surface area (Å²) in [7, 11) is -2.24. The first-order chi connectivity index (χ1) is 18.3. The largest absolute Gasteiger partial charge is 0.494 e. The molecule has 2 aliphatic rings. The molecule has 13 heteroatoms. The van der Waals surface area contributed by atoms with Gasteiger partial charge in [0.25, 0.3) is 10.0 Å². The summed E-state index contributed by atoms with van der Waals surface area (Å²) < 4.78 is 40.8. The van der Waals surface area contributed by atoms with Crippen LogP contribution in [0.25, 0.3) is 10.2 Å². The Hall–Kier alpha value is -1.80. The zero-order valence-corrected chi connectivity index (χ0v) is 24.6. The van der Waals surface area contributed by atoms with Crippen LogP contribution < -0.4 is 9.64 Å². The predicted molar refractivity (Wildman–Crippen MR) is 151 cm³/mol. The Morgan fingerprint density at radius 2 is 2.00 bits per heavy atom. The van der Waals surface area contributed by atoms with Gasteiger partial charge in [-0.3, -0.25) is 14.6 Å². The van der Waals surface area contributed by atoms with Gasteiger partial charge in [0.1, 0.15) is 21.5 Å². The minimum atomic E-state index is -3.85. The first-order valence-corrected chi connectivity index (χ1v) is 16.1. The Morgan fingerprint density at radius 1 is 1.21 bits per heavy atom. The molecule has 4 heterocycles. The van der Waals surface area contributed by atoms with Gasteiger partial charge in [-0.15, -0.1) is 11.3 Å². The van der Waals surface area contributed by atoms with Crippen LogP contribution in [0.2, 0.25) is 4.34 Å². The van der Waals surface area contributed by atoms with E-state index in [-0.39, 0.29) is 10.1 Å². The number of aromatic nitrogens is 1. The number of morpholine rings is 1. The number of fused-ring (bicyclic) bond motifs is 1. The van der Waals surface area contributed by atoms with Gasteiger partial charge in [-0.1, -0.05) is 29.0 Å². The Morgan fingerprint density at radius 3 is 2.71 bits per heavy atom. The summed E-state index contributed by atoms with van der Waals surface area (Å²) >= 11 is 8.48. The normalized spacial score (nSPS) is 19.3. The van der Waals surface area contributed by atoms with Gasteiger partial charge in [-0.25, -0.2) is 13.4 Å². The van der Waals surface area contributed by atoms with Gasteiger partial charge >= 0.3 is 0 Å². The Bertz CT molecular complexity index is 1400. The second-order valence-corrected chi connectivity index (χ2v) is 14.2. The molecule has 0 spiro atoms. The third-order valence-corrected chi connectivity index (χ3v) is 11.8. The molecule has 0 radical (unpaired) electrons. The minimum absolute atomic E-state index is 0.154. The van der Waals surface area contributed by atoms with Gasteiger partial charge in [0.05, 0.1) is 29.4 Å². The van der Waals surface area contributed by atoms with Crippen molar-refractivity contribution in [3.05, 3.63) is 34.2 Å². The first-order valence-electron chi connectivity index (χ1n) is 12.6. The number of ether oxygens (including phenoxy) is 2. The number of hydrogen-bond acceptors (Lipinski definition) is 9. The maximum atomic E-state index is 14.1. The second-order valence-electron chi connectivity index (χ2n) is 9.39. The first kappa shape index (κ1) is 27.8. The van der Waals surface area contributed by atoms with E-state index in [1.54, 1.807) is 18.1 Å². The number of rotatable bonds is 9. The fourth-order valence-electron chi connectivity index (χ4n) is 4.96. The summed E-state index contributed by atoms with van der Waals surface area (Å²) in [5.41, 5.74) is 1.76. The predicted octanol–water partition coefficient (Wildman–Crippen LogP) is 4.24. The van der Waals surface area contributed by atoms with Crippen molar-refractivity contribution >= 4 is 65.6 Å². The molecule has 2 saturated heterocycles. The van der Waals surface area contributed by atoms with E-state index >= 15 is 0 Å². The van der Waals surface area contributed by atoms with E-state index in [2.05, 4.69) is 4.90 Å². The number of carbonyl (C=O) groups excluding carboxylic acids is 1. The highest BCUT2D eigenvalue weighted by molar-refractivity contribution is 7.91. The summed E-state index contributed by atoms with van der Waals surface area (Å²) in [5.74, 6) is 0.403. The molecule has 5 rings (SSSR count). The zero-order chi connectivity index (χ0) is 26.9. The van der Waals surface area contributed by atoms with Gasteiger partial charge in [0, 0.05) is 32.7 Å².